The van der Waals surface area contributed by atoms with E-state index >= 15 is 0 Å². The first kappa shape index (κ1) is 14.2. The molecule has 0 fully saturated rings. The van der Waals surface area contributed by atoms with Crippen molar-refractivity contribution in [2.75, 3.05) is 0 Å². The van der Waals surface area contributed by atoms with Crippen LogP contribution in [0.4, 0.5) is 0 Å². The number of carbonyl (C=O) groups excluding carboxylic acids is 1. The summed E-state index contributed by atoms with van der Waals surface area (Å²) in [5, 5.41) is 3.97. The van der Waals surface area contributed by atoms with Crippen molar-refractivity contribution in [2.24, 2.45) is 0 Å². The Hall–Kier alpha value is -2.23. The Bertz CT molecular complexity index is 670. The van der Waals surface area contributed by atoms with Crippen LogP contribution in [0.2, 0.25) is 0 Å². The van der Waals surface area contributed by atoms with Gasteiger partial charge in [0.2, 0.25) is 0 Å². The lowest BCUT2D eigenvalue weighted by atomic mass is 10.0. The Morgan fingerprint density at radius 2 is 1.90 bits per heavy atom. The van der Waals surface area contributed by atoms with Gasteiger partial charge in [0.25, 0.3) is 5.56 Å². The van der Waals surface area contributed by atoms with Crippen LogP contribution in [0.3, 0.4) is 0 Å². The van der Waals surface area contributed by atoms with Crippen LogP contribution in [0.1, 0.15) is 41.3 Å². The maximum atomic E-state index is 12.1. The van der Waals surface area contributed by atoms with Gasteiger partial charge in [0.1, 0.15) is 6.54 Å². The minimum atomic E-state index is -0.253. The van der Waals surface area contributed by atoms with Gasteiger partial charge in [-0.1, -0.05) is 38.1 Å². The molecular weight excluding hydrogens is 252 g/mol. The molecule has 0 radical (unpaired) electrons. The van der Waals surface area contributed by atoms with E-state index in [0.29, 0.717) is 11.5 Å². The lowest BCUT2D eigenvalue weighted by Gasteiger charge is -2.07. The Labute approximate surface area is 118 Å². The maximum Gasteiger partial charge on any atom is 0.267 e. The highest BCUT2D eigenvalue weighted by Crippen LogP contribution is 2.15. The average molecular weight is 270 g/mol. The number of hydrogen-bond donors (Lipinski definition) is 0. The monoisotopic (exact) mass is 270 g/mol. The van der Waals surface area contributed by atoms with Gasteiger partial charge in [-0.05, 0) is 24.0 Å². The highest BCUT2D eigenvalue weighted by molar-refractivity contribution is 5.95. The zero-order valence-electron chi connectivity index (χ0n) is 12.0. The normalized spacial score (nSPS) is 10.8. The van der Waals surface area contributed by atoms with Crippen LogP contribution in [0, 0.1) is 6.92 Å². The molecule has 0 saturated heterocycles. The summed E-state index contributed by atoms with van der Waals surface area (Å²) >= 11 is 0. The van der Waals surface area contributed by atoms with E-state index in [9.17, 15) is 9.59 Å². The number of ketones is 1. The second-order valence-corrected chi connectivity index (χ2v) is 5.23. The maximum absolute atomic E-state index is 12.1. The van der Waals surface area contributed by atoms with Crippen LogP contribution in [0.15, 0.2) is 41.3 Å². The number of Topliss-reactive ketones (excluding diaryl/α,β-unsaturated/α-hetero) is 1. The standard InChI is InChI=1S/C16H18N2O2/c1-11(2)13-4-6-14(7-5-13)15(19)10-18-16(20)8-12(3)9-17-18/h4-9,11H,10H2,1-3H3. The molecule has 1 aromatic heterocycles. The summed E-state index contributed by atoms with van der Waals surface area (Å²) in [6.07, 6.45) is 1.58. The molecule has 20 heavy (non-hydrogen) atoms. The molecule has 0 aliphatic rings. The second-order valence-electron chi connectivity index (χ2n) is 5.23. The third-order valence-corrected chi connectivity index (χ3v) is 3.20. The fourth-order valence-electron chi connectivity index (χ4n) is 1.92. The van der Waals surface area contributed by atoms with Crippen molar-refractivity contribution in [2.45, 2.75) is 33.2 Å². The Kier molecular flexibility index (Phi) is 4.13. The van der Waals surface area contributed by atoms with Gasteiger partial charge >= 0.3 is 0 Å². The van der Waals surface area contributed by atoms with Crippen LogP contribution >= 0.6 is 0 Å². The minimum absolute atomic E-state index is 0.0276. The number of rotatable bonds is 4. The van der Waals surface area contributed by atoms with Gasteiger partial charge in [0, 0.05) is 11.6 Å². The third-order valence-electron chi connectivity index (χ3n) is 3.20. The molecule has 0 atom stereocenters. The number of hydrogen-bond acceptors (Lipinski definition) is 3. The van der Waals surface area contributed by atoms with Crippen molar-refractivity contribution < 1.29 is 4.79 Å². The number of nitrogens with zero attached hydrogens (tertiary/aromatic N) is 2. The highest BCUT2D eigenvalue weighted by atomic mass is 16.1. The van der Waals surface area contributed by atoms with Crippen molar-refractivity contribution in [1.29, 1.82) is 0 Å². The van der Waals surface area contributed by atoms with Crippen LogP contribution in [0.25, 0.3) is 0 Å². The Morgan fingerprint density at radius 3 is 2.45 bits per heavy atom. The summed E-state index contributed by atoms with van der Waals surface area (Å²) in [6, 6.07) is 8.97. The molecule has 1 heterocycles. The fourth-order valence-corrected chi connectivity index (χ4v) is 1.92. The van der Waals surface area contributed by atoms with E-state index in [1.54, 1.807) is 25.3 Å². The summed E-state index contributed by atoms with van der Waals surface area (Å²) in [4.78, 5) is 23.8. The van der Waals surface area contributed by atoms with Gasteiger partial charge in [-0.2, -0.15) is 5.10 Å². The van der Waals surface area contributed by atoms with Crippen molar-refractivity contribution in [3.05, 3.63) is 63.6 Å². The zero-order chi connectivity index (χ0) is 14.7. The molecule has 0 spiro atoms. The molecule has 1 aromatic carbocycles. The molecule has 4 heteroatoms. The van der Waals surface area contributed by atoms with Gasteiger partial charge in [-0.25, -0.2) is 4.68 Å². The highest BCUT2D eigenvalue weighted by Gasteiger charge is 2.09. The lowest BCUT2D eigenvalue weighted by molar-refractivity contribution is 0.0965. The summed E-state index contributed by atoms with van der Waals surface area (Å²) in [5.74, 6) is 0.319. The number of aromatic nitrogens is 2. The average Bonchev–Trinajstić information content (AvgIpc) is 2.42. The Morgan fingerprint density at radius 1 is 1.25 bits per heavy atom. The molecule has 2 rings (SSSR count). The predicted molar refractivity (Wildman–Crippen MR) is 78.1 cm³/mol. The van der Waals surface area contributed by atoms with E-state index in [1.807, 2.05) is 12.1 Å². The van der Waals surface area contributed by atoms with E-state index in [4.69, 9.17) is 0 Å². The molecule has 2 aromatic rings. The number of benzene rings is 1. The van der Waals surface area contributed by atoms with Crippen LogP contribution in [-0.2, 0) is 6.54 Å². The van der Waals surface area contributed by atoms with E-state index in [1.165, 1.54) is 16.3 Å². The van der Waals surface area contributed by atoms with Crippen LogP contribution in [0.5, 0.6) is 0 Å². The molecule has 0 aliphatic heterocycles. The molecule has 104 valence electrons. The van der Waals surface area contributed by atoms with Crippen LogP contribution in [-0.4, -0.2) is 15.6 Å². The molecule has 4 nitrogen and oxygen atoms in total. The van der Waals surface area contributed by atoms with E-state index in [2.05, 4.69) is 18.9 Å². The van der Waals surface area contributed by atoms with E-state index in [-0.39, 0.29) is 17.9 Å². The minimum Gasteiger partial charge on any atom is -0.292 e. The van der Waals surface area contributed by atoms with Crippen LogP contribution < -0.4 is 5.56 Å². The topological polar surface area (TPSA) is 52.0 Å². The summed E-state index contributed by atoms with van der Waals surface area (Å²) in [6.45, 7) is 5.98. The molecule has 0 N–H and O–H groups in total. The number of carbonyl (C=O) groups is 1. The van der Waals surface area contributed by atoms with E-state index in [0.717, 1.165) is 5.56 Å². The largest absolute Gasteiger partial charge is 0.292 e. The van der Waals surface area contributed by atoms with Crippen molar-refractivity contribution in [3.63, 3.8) is 0 Å². The molecule has 0 aliphatic carbocycles. The van der Waals surface area contributed by atoms with Crippen molar-refractivity contribution in [3.8, 4) is 0 Å². The molecule has 0 unspecified atom stereocenters. The van der Waals surface area contributed by atoms with Gasteiger partial charge < -0.3 is 0 Å². The third kappa shape index (κ3) is 3.20. The SMILES string of the molecule is Cc1cnn(CC(=O)c2ccc(C(C)C)cc2)c(=O)c1. The van der Waals surface area contributed by atoms with Gasteiger partial charge in [0.15, 0.2) is 5.78 Å². The Balaban J connectivity index is 2.17. The fraction of sp³-hybridized carbons (Fsp3) is 0.312. The quantitative estimate of drug-likeness (QED) is 0.802. The smallest absolute Gasteiger partial charge is 0.267 e. The molecule has 0 amide bonds. The first-order chi connectivity index (χ1) is 9.47. The van der Waals surface area contributed by atoms with Gasteiger partial charge in [-0.3, -0.25) is 9.59 Å². The summed E-state index contributed by atoms with van der Waals surface area (Å²) < 4.78 is 1.19. The van der Waals surface area contributed by atoms with Crippen molar-refractivity contribution >= 4 is 5.78 Å². The first-order valence-corrected chi connectivity index (χ1v) is 6.64. The molecular formula is C16H18N2O2. The van der Waals surface area contributed by atoms with Gasteiger partial charge in [0.05, 0.1) is 6.20 Å². The second kappa shape index (κ2) is 5.82. The van der Waals surface area contributed by atoms with Gasteiger partial charge in [-0.15, -0.1) is 0 Å². The molecule has 0 bridgehead atoms. The van der Waals surface area contributed by atoms with Crippen molar-refractivity contribution in [1.82, 2.24) is 9.78 Å². The van der Waals surface area contributed by atoms with E-state index < -0.39 is 0 Å². The zero-order valence-corrected chi connectivity index (χ0v) is 12.0. The molecule has 0 saturated carbocycles. The number of aryl methyl sites for hydroxylation is 1. The lowest BCUT2D eigenvalue weighted by Crippen LogP contribution is -2.26. The predicted octanol–water partition coefficient (Wildman–Crippen LogP) is 2.56. The summed E-state index contributed by atoms with van der Waals surface area (Å²) in [7, 11) is 0. The first-order valence-electron chi connectivity index (χ1n) is 6.64. The summed E-state index contributed by atoms with van der Waals surface area (Å²) in [5.41, 5.74) is 2.33.